The van der Waals surface area contributed by atoms with Crippen molar-refractivity contribution in [3.8, 4) is 29.1 Å². The van der Waals surface area contributed by atoms with Crippen molar-refractivity contribution < 1.29 is 24.1 Å². The summed E-state index contributed by atoms with van der Waals surface area (Å²) in [5.41, 5.74) is 0.835. The van der Waals surface area contributed by atoms with E-state index in [4.69, 9.17) is 42.5 Å². The Hall–Kier alpha value is -2.55. The number of ether oxygens (including phenoxy) is 3. The van der Waals surface area contributed by atoms with Gasteiger partial charge in [-0.25, -0.2) is 0 Å². The van der Waals surface area contributed by atoms with Crippen LogP contribution < -0.4 is 14.2 Å². The summed E-state index contributed by atoms with van der Waals surface area (Å²) in [5, 5.41) is 9.83. The number of benzene rings is 2. The molecule has 1 N–H and O–H groups in total. The van der Waals surface area contributed by atoms with Gasteiger partial charge in [0.15, 0.2) is 17.6 Å². The Morgan fingerprint density at radius 3 is 2.57 bits per heavy atom. The first kappa shape index (κ1) is 20.2. The molecule has 28 heavy (non-hydrogen) atoms. The standard InChI is InChI=1S/C21H18Cl2O5/c1-2-3-14(8-21(24)25)13-4-6-15(7-5-13)26-11-16-12-27-19-9-17(22)18(23)10-20(19)28-16/h4-7,9-10,14,16H,8,11-12H2,1H3,(H,24,25)/t14-,16-/m0/s1. The molecule has 3 rings (SSSR count). The van der Waals surface area contributed by atoms with Crippen molar-refractivity contribution in [2.24, 2.45) is 0 Å². The topological polar surface area (TPSA) is 65.0 Å². The number of rotatable bonds is 6. The lowest BCUT2D eigenvalue weighted by atomic mass is 9.96. The maximum absolute atomic E-state index is 11.0. The van der Waals surface area contributed by atoms with Crippen molar-refractivity contribution in [3.63, 3.8) is 0 Å². The zero-order chi connectivity index (χ0) is 20.1. The molecule has 146 valence electrons. The third kappa shape index (κ3) is 5.03. The SMILES string of the molecule is CC#C[C@@H](CC(=O)O)c1ccc(OC[C@H]2COc3cc(Cl)c(Cl)cc3O2)cc1. The highest BCUT2D eigenvalue weighted by Gasteiger charge is 2.23. The van der Waals surface area contributed by atoms with Crippen LogP contribution in [0, 0.1) is 11.8 Å². The number of hydrogen-bond acceptors (Lipinski definition) is 4. The summed E-state index contributed by atoms with van der Waals surface area (Å²) in [4.78, 5) is 11.0. The number of fused-ring (bicyclic) bond motifs is 1. The molecule has 5 nitrogen and oxygen atoms in total. The van der Waals surface area contributed by atoms with E-state index < -0.39 is 5.97 Å². The molecule has 2 atom stereocenters. The molecule has 0 aliphatic carbocycles. The minimum atomic E-state index is -0.885. The van der Waals surface area contributed by atoms with Crippen LogP contribution >= 0.6 is 23.2 Å². The van der Waals surface area contributed by atoms with E-state index in [1.807, 2.05) is 12.1 Å². The summed E-state index contributed by atoms with van der Waals surface area (Å²) in [6, 6.07) is 10.5. The molecule has 1 aliphatic heterocycles. The van der Waals surface area contributed by atoms with Gasteiger partial charge in [0.2, 0.25) is 0 Å². The molecule has 1 heterocycles. The second-order valence-corrected chi connectivity index (χ2v) is 7.00. The van der Waals surface area contributed by atoms with Crippen LogP contribution in [0.15, 0.2) is 36.4 Å². The Kier molecular flexibility index (Phi) is 6.56. The lowest BCUT2D eigenvalue weighted by molar-refractivity contribution is -0.137. The average Bonchev–Trinajstić information content (AvgIpc) is 2.67. The molecule has 0 unspecified atom stereocenters. The van der Waals surface area contributed by atoms with Crippen molar-refractivity contribution in [1.82, 2.24) is 0 Å². The minimum absolute atomic E-state index is 0.0414. The quantitative estimate of drug-likeness (QED) is 0.680. The molecule has 7 heteroatoms. The lowest BCUT2D eigenvalue weighted by Crippen LogP contribution is -2.34. The molecule has 0 amide bonds. The smallest absolute Gasteiger partial charge is 0.304 e. The van der Waals surface area contributed by atoms with Gasteiger partial charge in [0.25, 0.3) is 0 Å². The number of carbonyl (C=O) groups is 1. The summed E-state index contributed by atoms with van der Waals surface area (Å²) in [6.45, 7) is 2.31. The van der Waals surface area contributed by atoms with E-state index in [1.54, 1.807) is 31.2 Å². The Morgan fingerprint density at radius 2 is 1.93 bits per heavy atom. The molecule has 2 aromatic carbocycles. The Balaban J connectivity index is 1.59. The lowest BCUT2D eigenvalue weighted by Gasteiger charge is -2.26. The second-order valence-electron chi connectivity index (χ2n) is 6.19. The molecule has 0 bridgehead atoms. The van der Waals surface area contributed by atoms with Crippen molar-refractivity contribution >= 4 is 29.2 Å². The summed E-state index contributed by atoms with van der Waals surface area (Å²) in [7, 11) is 0. The fraction of sp³-hybridized carbons (Fsp3) is 0.286. The molecular weight excluding hydrogens is 403 g/mol. The van der Waals surface area contributed by atoms with Crippen molar-refractivity contribution in [1.29, 1.82) is 0 Å². The first-order chi connectivity index (χ1) is 13.5. The first-order valence-electron chi connectivity index (χ1n) is 8.61. The van der Waals surface area contributed by atoms with Crippen molar-refractivity contribution in [2.45, 2.75) is 25.4 Å². The summed E-state index contributed by atoms with van der Waals surface area (Å²) in [6.07, 6.45) is -0.338. The number of hydrogen-bond donors (Lipinski definition) is 1. The molecule has 0 spiro atoms. The van der Waals surface area contributed by atoms with Crippen LogP contribution in [0.3, 0.4) is 0 Å². The zero-order valence-electron chi connectivity index (χ0n) is 15.1. The first-order valence-corrected chi connectivity index (χ1v) is 9.37. The normalized spacial score (nSPS) is 15.9. The van der Waals surface area contributed by atoms with Gasteiger partial charge in [-0.2, -0.15) is 0 Å². The van der Waals surface area contributed by atoms with Crippen molar-refractivity contribution in [3.05, 3.63) is 52.0 Å². The predicted octanol–water partition coefficient (Wildman–Crippen LogP) is 4.79. The predicted molar refractivity (Wildman–Crippen MR) is 107 cm³/mol. The van der Waals surface area contributed by atoms with Crippen LogP contribution in [0.1, 0.15) is 24.8 Å². The van der Waals surface area contributed by atoms with Gasteiger partial charge in [-0.1, -0.05) is 41.3 Å². The largest absolute Gasteiger partial charge is 0.490 e. The van der Waals surface area contributed by atoms with Gasteiger partial charge in [-0.15, -0.1) is 5.92 Å². The molecule has 0 saturated carbocycles. The van der Waals surface area contributed by atoms with Crippen molar-refractivity contribution in [2.75, 3.05) is 13.2 Å². The molecule has 2 aromatic rings. The van der Waals surface area contributed by atoms with Gasteiger partial charge in [0.05, 0.1) is 22.4 Å². The Morgan fingerprint density at radius 1 is 1.25 bits per heavy atom. The molecule has 0 aromatic heterocycles. The van der Waals surface area contributed by atoms with E-state index >= 15 is 0 Å². The number of carboxylic acids is 1. The van der Waals surface area contributed by atoms with Crippen LogP contribution in [-0.4, -0.2) is 30.4 Å². The molecule has 0 radical (unpaired) electrons. The van der Waals surface area contributed by atoms with E-state index in [-0.39, 0.29) is 25.0 Å². The highest BCUT2D eigenvalue weighted by Crippen LogP contribution is 2.38. The highest BCUT2D eigenvalue weighted by atomic mass is 35.5. The average molecular weight is 421 g/mol. The molecule has 0 fully saturated rings. The van der Waals surface area contributed by atoms with Crippen LogP contribution in [0.4, 0.5) is 0 Å². The summed E-state index contributed by atoms with van der Waals surface area (Å²) >= 11 is 12.0. The van der Waals surface area contributed by atoms with E-state index in [0.29, 0.717) is 33.9 Å². The van der Waals surface area contributed by atoms with Crippen LogP contribution in [-0.2, 0) is 4.79 Å². The monoisotopic (exact) mass is 420 g/mol. The molecular formula is C21H18Cl2O5. The van der Waals surface area contributed by atoms with Crippen LogP contribution in [0.25, 0.3) is 0 Å². The fourth-order valence-electron chi connectivity index (χ4n) is 2.78. The third-order valence-corrected chi connectivity index (χ3v) is 4.84. The number of aliphatic carboxylic acids is 1. The number of carboxylic acid groups (broad SMARTS) is 1. The maximum atomic E-state index is 11.0. The zero-order valence-corrected chi connectivity index (χ0v) is 16.6. The molecule has 1 aliphatic rings. The van der Waals surface area contributed by atoms with Crippen LogP contribution in [0.5, 0.6) is 17.2 Å². The van der Waals surface area contributed by atoms with Crippen LogP contribution in [0.2, 0.25) is 10.0 Å². The van der Waals surface area contributed by atoms with E-state index in [9.17, 15) is 4.79 Å². The van der Waals surface area contributed by atoms with Gasteiger partial charge < -0.3 is 19.3 Å². The Labute approximate surface area is 173 Å². The summed E-state index contributed by atoms with van der Waals surface area (Å²) in [5.74, 6) is 6.19. The second kappa shape index (κ2) is 9.09. The molecule has 0 saturated heterocycles. The van der Waals surface area contributed by atoms with Gasteiger partial charge in [0, 0.05) is 12.1 Å². The van der Waals surface area contributed by atoms with E-state index in [0.717, 1.165) is 5.56 Å². The fourth-order valence-corrected chi connectivity index (χ4v) is 3.09. The van der Waals surface area contributed by atoms with Gasteiger partial charge in [-0.05, 0) is 24.6 Å². The highest BCUT2D eigenvalue weighted by molar-refractivity contribution is 6.42. The van der Waals surface area contributed by atoms with E-state index in [2.05, 4.69) is 11.8 Å². The van der Waals surface area contributed by atoms with Gasteiger partial charge >= 0.3 is 5.97 Å². The third-order valence-electron chi connectivity index (χ3n) is 4.12. The summed E-state index contributed by atoms with van der Waals surface area (Å²) < 4.78 is 17.3. The van der Waals surface area contributed by atoms with Gasteiger partial charge in [0.1, 0.15) is 19.0 Å². The minimum Gasteiger partial charge on any atom is -0.490 e. The van der Waals surface area contributed by atoms with Gasteiger partial charge in [-0.3, -0.25) is 4.79 Å². The number of halogens is 2. The van der Waals surface area contributed by atoms with E-state index in [1.165, 1.54) is 0 Å². The maximum Gasteiger partial charge on any atom is 0.304 e. The Bertz CT molecular complexity index is 915.